The molecule has 2 rings (SSSR count). The lowest BCUT2D eigenvalue weighted by Gasteiger charge is -2.21. The maximum atomic E-state index is 13.4. The molecule has 2 N–H and O–H groups in total. The number of alkyl halides is 2. The molecule has 0 bridgehead atoms. The Morgan fingerprint density at radius 2 is 1.92 bits per heavy atom. The van der Waals surface area contributed by atoms with Gasteiger partial charge in [-0.05, 0) is 30.2 Å². The van der Waals surface area contributed by atoms with Crippen LogP contribution in [-0.4, -0.2) is 11.7 Å². The van der Waals surface area contributed by atoms with Crippen molar-refractivity contribution in [2.45, 2.75) is 39.1 Å². The summed E-state index contributed by atoms with van der Waals surface area (Å²) >= 11 is 0. The van der Waals surface area contributed by atoms with Crippen LogP contribution in [0.5, 0.6) is 5.75 Å². The van der Waals surface area contributed by atoms with Crippen molar-refractivity contribution in [3.05, 3.63) is 65.0 Å². The second kappa shape index (κ2) is 8.70. The first kappa shape index (κ1) is 18.3. The standard InChI is InChI=1S/C18H20F3NO2/c1-2-16(14-5-3-4-6-17(14)24-18(20)21)22-10-12-7-8-15(19)13(9-12)11-23/h3-9,16,18,22-23H,2,10-11H2,1H3. The zero-order chi connectivity index (χ0) is 17.5. The van der Waals surface area contributed by atoms with Crippen LogP contribution in [0, 0.1) is 5.82 Å². The van der Waals surface area contributed by atoms with Gasteiger partial charge in [0, 0.05) is 23.7 Å². The summed E-state index contributed by atoms with van der Waals surface area (Å²) in [6, 6.07) is 11.0. The molecule has 2 aromatic carbocycles. The maximum Gasteiger partial charge on any atom is 0.387 e. The summed E-state index contributed by atoms with van der Waals surface area (Å²) in [6.45, 7) is -0.912. The minimum absolute atomic E-state index is 0.141. The van der Waals surface area contributed by atoms with E-state index in [4.69, 9.17) is 5.11 Å². The molecule has 1 atom stereocenters. The topological polar surface area (TPSA) is 41.5 Å². The first-order chi connectivity index (χ1) is 11.5. The van der Waals surface area contributed by atoms with E-state index in [0.29, 0.717) is 18.5 Å². The predicted molar refractivity (Wildman–Crippen MR) is 85.3 cm³/mol. The van der Waals surface area contributed by atoms with Crippen LogP contribution in [-0.2, 0) is 13.2 Å². The molecule has 0 saturated heterocycles. The van der Waals surface area contributed by atoms with Crippen LogP contribution in [0.1, 0.15) is 36.1 Å². The van der Waals surface area contributed by atoms with Crippen LogP contribution in [0.2, 0.25) is 0 Å². The van der Waals surface area contributed by atoms with Gasteiger partial charge in [0.15, 0.2) is 0 Å². The summed E-state index contributed by atoms with van der Waals surface area (Å²) in [5.74, 6) is -0.314. The molecule has 1 unspecified atom stereocenters. The lowest BCUT2D eigenvalue weighted by atomic mass is 10.0. The van der Waals surface area contributed by atoms with Crippen molar-refractivity contribution in [2.24, 2.45) is 0 Å². The summed E-state index contributed by atoms with van der Waals surface area (Å²) in [6.07, 6.45) is 0.664. The van der Waals surface area contributed by atoms with Gasteiger partial charge >= 0.3 is 6.61 Å². The highest BCUT2D eigenvalue weighted by atomic mass is 19.3. The Hall–Kier alpha value is -2.05. The number of nitrogens with one attached hydrogen (secondary N) is 1. The Bertz CT molecular complexity index is 664. The number of para-hydroxylation sites is 1. The smallest absolute Gasteiger partial charge is 0.387 e. The van der Waals surface area contributed by atoms with Crippen LogP contribution >= 0.6 is 0 Å². The Kier molecular flexibility index (Phi) is 6.63. The number of aliphatic hydroxyl groups is 1. The van der Waals surface area contributed by atoms with Crippen molar-refractivity contribution in [3.8, 4) is 5.75 Å². The van der Waals surface area contributed by atoms with E-state index in [2.05, 4.69) is 10.1 Å². The lowest BCUT2D eigenvalue weighted by Crippen LogP contribution is -2.21. The third-order valence-corrected chi connectivity index (χ3v) is 3.75. The van der Waals surface area contributed by atoms with Crippen LogP contribution in [0.3, 0.4) is 0 Å². The average Bonchev–Trinajstić information content (AvgIpc) is 2.57. The van der Waals surface area contributed by atoms with Crippen LogP contribution < -0.4 is 10.1 Å². The normalized spacial score (nSPS) is 12.4. The minimum atomic E-state index is -2.88. The van der Waals surface area contributed by atoms with Gasteiger partial charge in [-0.1, -0.05) is 31.2 Å². The fourth-order valence-electron chi connectivity index (χ4n) is 2.55. The third-order valence-electron chi connectivity index (χ3n) is 3.75. The number of halogens is 3. The number of aliphatic hydroxyl groups excluding tert-OH is 1. The third kappa shape index (κ3) is 4.72. The largest absolute Gasteiger partial charge is 0.434 e. The van der Waals surface area contributed by atoms with Gasteiger partial charge in [0.2, 0.25) is 0 Å². The number of rotatable bonds is 8. The fraction of sp³-hybridized carbons (Fsp3) is 0.333. The summed E-state index contributed by atoms with van der Waals surface area (Å²) < 4.78 is 43.1. The van der Waals surface area contributed by atoms with E-state index in [9.17, 15) is 13.2 Å². The molecule has 0 fully saturated rings. The van der Waals surface area contributed by atoms with E-state index in [1.54, 1.807) is 30.3 Å². The Labute approximate surface area is 139 Å². The fourth-order valence-corrected chi connectivity index (χ4v) is 2.55. The van der Waals surface area contributed by atoms with Gasteiger partial charge in [0.1, 0.15) is 11.6 Å². The SMILES string of the molecule is CCC(NCc1ccc(F)c(CO)c1)c1ccccc1OC(F)F. The molecule has 0 aliphatic rings. The molecule has 0 spiro atoms. The van der Waals surface area contributed by atoms with Gasteiger partial charge in [-0.2, -0.15) is 8.78 Å². The lowest BCUT2D eigenvalue weighted by molar-refractivity contribution is -0.0507. The molecule has 24 heavy (non-hydrogen) atoms. The maximum absolute atomic E-state index is 13.4. The van der Waals surface area contributed by atoms with Crippen molar-refractivity contribution in [2.75, 3.05) is 0 Å². The number of ether oxygens (including phenoxy) is 1. The van der Waals surface area contributed by atoms with Crippen molar-refractivity contribution < 1.29 is 23.0 Å². The van der Waals surface area contributed by atoms with Crippen LogP contribution in [0.4, 0.5) is 13.2 Å². The number of hydrogen-bond acceptors (Lipinski definition) is 3. The van der Waals surface area contributed by atoms with Crippen LogP contribution in [0.15, 0.2) is 42.5 Å². The van der Waals surface area contributed by atoms with Crippen LogP contribution in [0.25, 0.3) is 0 Å². The van der Waals surface area contributed by atoms with Gasteiger partial charge in [-0.25, -0.2) is 4.39 Å². The summed E-state index contributed by atoms with van der Waals surface area (Å²) in [4.78, 5) is 0. The first-order valence-corrected chi connectivity index (χ1v) is 7.70. The second-order valence-electron chi connectivity index (χ2n) is 5.34. The molecule has 0 aromatic heterocycles. The zero-order valence-corrected chi connectivity index (χ0v) is 13.3. The Balaban J connectivity index is 2.13. The molecule has 130 valence electrons. The van der Waals surface area contributed by atoms with Crippen molar-refractivity contribution in [1.29, 1.82) is 0 Å². The average molecular weight is 339 g/mol. The van der Waals surface area contributed by atoms with E-state index in [1.165, 1.54) is 12.1 Å². The van der Waals surface area contributed by atoms with Crippen molar-refractivity contribution >= 4 is 0 Å². The quantitative estimate of drug-likeness (QED) is 0.759. The van der Waals surface area contributed by atoms with Gasteiger partial charge in [-0.15, -0.1) is 0 Å². The highest BCUT2D eigenvalue weighted by Crippen LogP contribution is 2.28. The Morgan fingerprint density at radius 3 is 2.58 bits per heavy atom. The monoisotopic (exact) mass is 339 g/mol. The van der Waals surface area contributed by atoms with E-state index in [0.717, 1.165) is 5.56 Å². The molecule has 6 heteroatoms. The van der Waals surface area contributed by atoms with E-state index in [1.807, 2.05) is 6.92 Å². The van der Waals surface area contributed by atoms with Crippen molar-refractivity contribution in [1.82, 2.24) is 5.32 Å². The van der Waals surface area contributed by atoms with Gasteiger partial charge < -0.3 is 15.2 Å². The minimum Gasteiger partial charge on any atom is -0.434 e. The zero-order valence-electron chi connectivity index (χ0n) is 13.3. The molecular weight excluding hydrogens is 319 g/mol. The van der Waals surface area contributed by atoms with E-state index >= 15 is 0 Å². The molecular formula is C18H20F3NO2. The van der Waals surface area contributed by atoms with Gasteiger partial charge in [-0.3, -0.25) is 0 Å². The van der Waals surface area contributed by atoms with Gasteiger partial charge in [0.05, 0.1) is 6.61 Å². The second-order valence-corrected chi connectivity index (χ2v) is 5.34. The van der Waals surface area contributed by atoms with E-state index in [-0.39, 0.29) is 24.0 Å². The number of hydrogen-bond donors (Lipinski definition) is 2. The molecule has 0 radical (unpaired) electrons. The summed E-state index contributed by atoms with van der Waals surface area (Å²) in [5.41, 5.74) is 1.67. The summed E-state index contributed by atoms with van der Waals surface area (Å²) in [5, 5.41) is 12.4. The molecule has 0 saturated carbocycles. The molecule has 0 aliphatic carbocycles. The number of benzene rings is 2. The Morgan fingerprint density at radius 1 is 1.17 bits per heavy atom. The highest BCUT2D eigenvalue weighted by Gasteiger charge is 2.16. The summed E-state index contributed by atoms with van der Waals surface area (Å²) in [7, 11) is 0. The van der Waals surface area contributed by atoms with Crippen molar-refractivity contribution in [3.63, 3.8) is 0 Å². The van der Waals surface area contributed by atoms with E-state index < -0.39 is 12.4 Å². The molecule has 3 nitrogen and oxygen atoms in total. The molecule has 0 heterocycles. The predicted octanol–water partition coefficient (Wildman–Crippen LogP) is 4.16. The molecule has 0 aliphatic heterocycles. The molecule has 0 amide bonds. The molecule has 2 aromatic rings. The first-order valence-electron chi connectivity index (χ1n) is 7.70. The highest BCUT2D eigenvalue weighted by molar-refractivity contribution is 5.36. The van der Waals surface area contributed by atoms with Gasteiger partial charge in [0.25, 0.3) is 0 Å².